The first kappa shape index (κ1) is 14.8. The molecule has 2 aliphatic rings. The number of carbonyl (C=O) groups excluding carboxylic acids is 1. The van der Waals surface area contributed by atoms with Crippen molar-refractivity contribution in [1.29, 1.82) is 0 Å². The van der Waals surface area contributed by atoms with Crippen molar-refractivity contribution < 1.29 is 4.79 Å². The molecule has 1 aliphatic carbocycles. The van der Waals surface area contributed by atoms with Gasteiger partial charge in [-0.15, -0.1) is 0 Å². The normalized spacial score (nSPS) is 30.8. The first-order valence-corrected chi connectivity index (χ1v) is 8.26. The van der Waals surface area contributed by atoms with Crippen molar-refractivity contribution in [3.63, 3.8) is 0 Å². The Bertz CT molecular complexity index is 286. The highest BCUT2D eigenvalue weighted by Crippen LogP contribution is 2.28. The van der Waals surface area contributed by atoms with E-state index < -0.39 is 0 Å². The van der Waals surface area contributed by atoms with Crippen molar-refractivity contribution in [3.8, 4) is 0 Å². The molecule has 110 valence electrons. The number of amides is 1. The smallest absolute Gasteiger partial charge is 0.224 e. The maximum atomic E-state index is 12.5. The van der Waals surface area contributed by atoms with E-state index in [1.807, 2.05) is 0 Å². The van der Waals surface area contributed by atoms with Gasteiger partial charge in [0, 0.05) is 12.1 Å². The molecular weight excluding hydrogens is 236 g/mol. The maximum Gasteiger partial charge on any atom is 0.224 e. The number of hydrogen-bond donors (Lipinski definition) is 2. The van der Waals surface area contributed by atoms with Gasteiger partial charge < -0.3 is 10.6 Å². The van der Waals surface area contributed by atoms with Crippen LogP contribution in [-0.2, 0) is 4.79 Å². The number of carbonyl (C=O) groups is 1. The molecule has 3 atom stereocenters. The number of piperidine rings is 1. The third-order valence-corrected chi connectivity index (χ3v) is 5.08. The highest BCUT2D eigenvalue weighted by atomic mass is 16.2. The average Bonchev–Trinajstić information content (AvgIpc) is 2.46. The number of rotatable bonds is 4. The van der Waals surface area contributed by atoms with Crippen LogP contribution in [0.25, 0.3) is 0 Å². The van der Waals surface area contributed by atoms with Crippen LogP contribution in [0.2, 0.25) is 0 Å². The van der Waals surface area contributed by atoms with Crippen molar-refractivity contribution in [2.45, 2.75) is 77.3 Å². The SMILES string of the molecule is CCC(NC(=O)C1CCCNC1C)C1CCCCC1. The van der Waals surface area contributed by atoms with Crippen molar-refractivity contribution in [3.05, 3.63) is 0 Å². The van der Waals surface area contributed by atoms with Crippen molar-refractivity contribution in [2.24, 2.45) is 11.8 Å². The van der Waals surface area contributed by atoms with Crippen LogP contribution in [-0.4, -0.2) is 24.5 Å². The van der Waals surface area contributed by atoms with Gasteiger partial charge in [-0.05, 0) is 51.5 Å². The van der Waals surface area contributed by atoms with Crippen LogP contribution in [0.1, 0.15) is 65.2 Å². The minimum Gasteiger partial charge on any atom is -0.353 e. The molecule has 0 spiro atoms. The molecule has 1 aliphatic heterocycles. The highest BCUT2D eigenvalue weighted by Gasteiger charge is 2.30. The first-order chi connectivity index (χ1) is 9.22. The third kappa shape index (κ3) is 3.95. The summed E-state index contributed by atoms with van der Waals surface area (Å²) in [4.78, 5) is 12.5. The van der Waals surface area contributed by atoms with Crippen LogP contribution < -0.4 is 10.6 Å². The molecule has 2 fully saturated rings. The average molecular weight is 266 g/mol. The lowest BCUT2D eigenvalue weighted by molar-refractivity contribution is -0.127. The quantitative estimate of drug-likeness (QED) is 0.821. The van der Waals surface area contributed by atoms with E-state index in [9.17, 15) is 4.79 Å². The highest BCUT2D eigenvalue weighted by molar-refractivity contribution is 5.79. The maximum absolute atomic E-state index is 12.5. The van der Waals surface area contributed by atoms with E-state index in [-0.39, 0.29) is 11.8 Å². The number of hydrogen-bond acceptors (Lipinski definition) is 2. The van der Waals surface area contributed by atoms with E-state index >= 15 is 0 Å². The molecular formula is C16H30N2O. The molecule has 3 heteroatoms. The zero-order chi connectivity index (χ0) is 13.7. The van der Waals surface area contributed by atoms with E-state index in [2.05, 4.69) is 24.5 Å². The molecule has 19 heavy (non-hydrogen) atoms. The standard InChI is InChI=1S/C16H30N2O/c1-3-15(13-8-5-4-6-9-13)18-16(19)14-10-7-11-17-12(14)2/h12-15,17H,3-11H2,1-2H3,(H,18,19). The molecule has 1 heterocycles. The van der Waals surface area contributed by atoms with Gasteiger partial charge in [-0.25, -0.2) is 0 Å². The molecule has 3 nitrogen and oxygen atoms in total. The van der Waals surface area contributed by atoms with Gasteiger partial charge in [-0.2, -0.15) is 0 Å². The summed E-state index contributed by atoms with van der Waals surface area (Å²) in [5.41, 5.74) is 0. The molecule has 1 amide bonds. The van der Waals surface area contributed by atoms with Gasteiger partial charge in [0.1, 0.15) is 0 Å². The fraction of sp³-hybridized carbons (Fsp3) is 0.938. The molecule has 3 unspecified atom stereocenters. The largest absolute Gasteiger partial charge is 0.353 e. The molecule has 0 radical (unpaired) electrons. The van der Waals surface area contributed by atoms with E-state index in [0.717, 1.165) is 31.7 Å². The molecule has 2 rings (SSSR count). The predicted molar refractivity (Wildman–Crippen MR) is 79.0 cm³/mol. The monoisotopic (exact) mass is 266 g/mol. The fourth-order valence-electron chi connectivity index (χ4n) is 3.78. The van der Waals surface area contributed by atoms with Crippen LogP contribution in [0.4, 0.5) is 0 Å². The van der Waals surface area contributed by atoms with Crippen LogP contribution in [0.3, 0.4) is 0 Å². The van der Waals surface area contributed by atoms with Gasteiger partial charge >= 0.3 is 0 Å². The summed E-state index contributed by atoms with van der Waals surface area (Å²) in [6.07, 6.45) is 9.92. The summed E-state index contributed by atoms with van der Waals surface area (Å²) in [5, 5.41) is 6.78. The fourth-order valence-corrected chi connectivity index (χ4v) is 3.78. The van der Waals surface area contributed by atoms with Crippen molar-refractivity contribution >= 4 is 5.91 Å². The van der Waals surface area contributed by atoms with Crippen LogP contribution >= 0.6 is 0 Å². The summed E-state index contributed by atoms with van der Waals surface area (Å²) >= 11 is 0. The molecule has 0 aromatic rings. The molecule has 0 aromatic carbocycles. The van der Waals surface area contributed by atoms with Gasteiger partial charge in [0.25, 0.3) is 0 Å². The van der Waals surface area contributed by atoms with E-state index in [1.54, 1.807) is 0 Å². The predicted octanol–water partition coefficient (Wildman–Crippen LogP) is 2.85. The van der Waals surface area contributed by atoms with E-state index in [4.69, 9.17) is 0 Å². The lowest BCUT2D eigenvalue weighted by Crippen LogP contribution is -2.50. The summed E-state index contributed by atoms with van der Waals surface area (Å²) in [6, 6.07) is 0.736. The summed E-state index contributed by atoms with van der Waals surface area (Å²) in [7, 11) is 0. The lowest BCUT2D eigenvalue weighted by Gasteiger charge is -2.34. The second-order valence-electron chi connectivity index (χ2n) is 6.41. The Morgan fingerprint density at radius 2 is 1.95 bits per heavy atom. The minimum absolute atomic E-state index is 0.173. The Morgan fingerprint density at radius 1 is 1.21 bits per heavy atom. The van der Waals surface area contributed by atoms with Crippen LogP contribution in [0.15, 0.2) is 0 Å². The zero-order valence-electron chi connectivity index (χ0n) is 12.6. The Labute approximate surface area is 117 Å². The zero-order valence-corrected chi connectivity index (χ0v) is 12.6. The minimum atomic E-state index is 0.173. The third-order valence-electron chi connectivity index (χ3n) is 5.08. The second kappa shape index (κ2) is 7.28. The topological polar surface area (TPSA) is 41.1 Å². The summed E-state index contributed by atoms with van der Waals surface area (Å²) in [5.74, 6) is 1.18. The molecule has 1 saturated carbocycles. The molecule has 2 N–H and O–H groups in total. The molecule has 1 saturated heterocycles. The van der Waals surface area contributed by atoms with Crippen LogP contribution in [0, 0.1) is 11.8 Å². The summed E-state index contributed by atoms with van der Waals surface area (Å²) in [6.45, 7) is 5.41. The van der Waals surface area contributed by atoms with Crippen molar-refractivity contribution in [2.75, 3.05) is 6.54 Å². The van der Waals surface area contributed by atoms with Gasteiger partial charge in [-0.1, -0.05) is 26.2 Å². The molecule has 0 bridgehead atoms. The van der Waals surface area contributed by atoms with Crippen LogP contribution in [0.5, 0.6) is 0 Å². The van der Waals surface area contributed by atoms with Crippen molar-refractivity contribution in [1.82, 2.24) is 10.6 Å². The lowest BCUT2D eigenvalue weighted by atomic mass is 9.82. The first-order valence-electron chi connectivity index (χ1n) is 8.26. The van der Waals surface area contributed by atoms with Gasteiger partial charge in [0.15, 0.2) is 0 Å². The Hall–Kier alpha value is -0.570. The van der Waals surface area contributed by atoms with Gasteiger partial charge in [0.2, 0.25) is 5.91 Å². The van der Waals surface area contributed by atoms with Gasteiger partial charge in [0.05, 0.1) is 5.92 Å². The van der Waals surface area contributed by atoms with Gasteiger partial charge in [-0.3, -0.25) is 4.79 Å². The Morgan fingerprint density at radius 3 is 2.58 bits per heavy atom. The second-order valence-corrected chi connectivity index (χ2v) is 6.41. The number of nitrogens with one attached hydrogen (secondary N) is 2. The van der Waals surface area contributed by atoms with E-state index in [0.29, 0.717) is 12.1 Å². The Kier molecular flexibility index (Phi) is 5.68. The summed E-state index contributed by atoms with van der Waals surface area (Å²) < 4.78 is 0. The Balaban J connectivity index is 1.87. The molecule has 0 aromatic heterocycles. The van der Waals surface area contributed by atoms with E-state index in [1.165, 1.54) is 32.1 Å².